The van der Waals surface area contributed by atoms with Gasteiger partial charge in [-0.25, -0.2) is 0 Å². The summed E-state index contributed by atoms with van der Waals surface area (Å²) in [5.74, 6) is -0.482. The topological polar surface area (TPSA) is 120 Å². The maximum atomic E-state index is 12.1. The highest BCUT2D eigenvalue weighted by molar-refractivity contribution is 6.06. The largest absolute Gasteiger partial charge is 0.359 e. The summed E-state index contributed by atoms with van der Waals surface area (Å²) in [6.45, 7) is 0. The van der Waals surface area contributed by atoms with Crippen molar-refractivity contribution in [2.75, 3.05) is 14.1 Å². The summed E-state index contributed by atoms with van der Waals surface area (Å²) >= 11 is 0. The highest BCUT2D eigenvalue weighted by atomic mass is 16.6. The first-order valence-electron chi connectivity index (χ1n) is 5.82. The predicted octanol–water partition coefficient (Wildman–Crippen LogP) is 1.01. The molecule has 2 rings (SSSR count). The molecule has 8 nitrogen and oxygen atoms in total. The average Bonchev–Trinajstić information content (AvgIpc) is 2.45. The summed E-state index contributed by atoms with van der Waals surface area (Å²) in [6, 6.07) is 3.86. The zero-order chi connectivity index (χ0) is 15.7. The van der Waals surface area contributed by atoms with E-state index >= 15 is 0 Å². The second kappa shape index (κ2) is 5.05. The number of aromatic nitrogens is 1. The van der Waals surface area contributed by atoms with Crippen molar-refractivity contribution in [1.29, 1.82) is 5.26 Å². The number of benzene rings is 1. The highest BCUT2D eigenvalue weighted by Gasteiger charge is 2.20. The predicted molar refractivity (Wildman–Crippen MR) is 74.0 cm³/mol. The number of nitro benzene ring substituents is 1. The smallest absolute Gasteiger partial charge is 0.271 e. The van der Waals surface area contributed by atoms with E-state index in [2.05, 4.69) is 4.98 Å². The van der Waals surface area contributed by atoms with Gasteiger partial charge in [0.05, 0.1) is 21.4 Å². The molecule has 1 amide bonds. The number of nitrogens with one attached hydrogen (secondary N) is 1. The molecular weight excluding hydrogens is 276 g/mol. The number of pyridine rings is 1. The molecule has 0 atom stereocenters. The monoisotopic (exact) mass is 286 g/mol. The second-order valence-electron chi connectivity index (χ2n) is 4.52. The number of H-pyrrole nitrogens is 1. The van der Waals surface area contributed by atoms with Gasteiger partial charge < -0.3 is 9.88 Å². The first-order chi connectivity index (χ1) is 9.86. The van der Waals surface area contributed by atoms with Gasteiger partial charge in [-0.05, 0) is 0 Å². The lowest BCUT2D eigenvalue weighted by Crippen LogP contribution is -2.23. The van der Waals surface area contributed by atoms with Gasteiger partial charge >= 0.3 is 0 Å². The van der Waals surface area contributed by atoms with Crippen molar-refractivity contribution in [3.05, 3.63) is 49.8 Å². The van der Waals surface area contributed by atoms with E-state index in [-0.39, 0.29) is 27.7 Å². The molecule has 0 aliphatic heterocycles. The zero-order valence-electron chi connectivity index (χ0n) is 11.2. The Bertz CT molecular complexity index is 861. The van der Waals surface area contributed by atoms with Crippen molar-refractivity contribution < 1.29 is 9.72 Å². The average molecular weight is 286 g/mol. The van der Waals surface area contributed by atoms with E-state index in [1.807, 2.05) is 0 Å². The number of nitrogens with zero attached hydrogens (tertiary/aromatic N) is 3. The number of carbonyl (C=O) groups is 1. The third kappa shape index (κ3) is 2.32. The number of aromatic amines is 1. The molecule has 106 valence electrons. The third-order valence-electron chi connectivity index (χ3n) is 2.94. The fourth-order valence-electron chi connectivity index (χ4n) is 1.91. The van der Waals surface area contributed by atoms with Gasteiger partial charge in [0.25, 0.3) is 11.6 Å². The minimum absolute atomic E-state index is 0.00536. The summed E-state index contributed by atoms with van der Waals surface area (Å²) in [6.07, 6.45) is 1.18. The normalized spacial score (nSPS) is 10.1. The Morgan fingerprint density at radius 3 is 2.62 bits per heavy atom. The molecule has 0 fully saturated rings. The Kier molecular flexibility index (Phi) is 3.42. The summed E-state index contributed by atoms with van der Waals surface area (Å²) in [5, 5.41) is 19.7. The molecule has 0 saturated heterocycles. The minimum Gasteiger partial charge on any atom is -0.359 e. The number of hydrogen-bond donors (Lipinski definition) is 1. The van der Waals surface area contributed by atoms with Gasteiger partial charge in [-0.2, -0.15) is 5.26 Å². The van der Waals surface area contributed by atoms with Crippen LogP contribution in [0.5, 0.6) is 0 Å². The number of carbonyl (C=O) groups excluding carboxylic acids is 1. The maximum absolute atomic E-state index is 12.1. The Balaban J connectivity index is 2.95. The van der Waals surface area contributed by atoms with Crippen LogP contribution in [0.1, 0.15) is 15.9 Å². The Hall–Kier alpha value is -3.21. The molecule has 0 aliphatic carbocycles. The highest BCUT2D eigenvalue weighted by Crippen LogP contribution is 2.23. The van der Waals surface area contributed by atoms with Crippen LogP contribution in [0.2, 0.25) is 0 Å². The lowest BCUT2D eigenvalue weighted by Gasteiger charge is -2.12. The molecule has 0 spiro atoms. The van der Waals surface area contributed by atoms with Crippen molar-refractivity contribution in [2.45, 2.75) is 0 Å². The maximum Gasteiger partial charge on any atom is 0.271 e. The molecule has 0 bridgehead atoms. The number of nitriles is 1. The van der Waals surface area contributed by atoms with E-state index in [0.29, 0.717) is 0 Å². The van der Waals surface area contributed by atoms with E-state index in [1.54, 1.807) is 6.07 Å². The van der Waals surface area contributed by atoms with Crippen molar-refractivity contribution >= 4 is 22.5 Å². The Morgan fingerprint density at radius 1 is 1.43 bits per heavy atom. The van der Waals surface area contributed by atoms with Crippen molar-refractivity contribution in [3.63, 3.8) is 0 Å². The molecule has 0 aliphatic rings. The number of non-ortho nitro benzene ring substituents is 1. The summed E-state index contributed by atoms with van der Waals surface area (Å²) in [7, 11) is 2.99. The van der Waals surface area contributed by atoms with E-state index in [0.717, 1.165) is 12.1 Å². The van der Waals surface area contributed by atoms with Crippen LogP contribution in [0.25, 0.3) is 10.9 Å². The van der Waals surface area contributed by atoms with E-state index < -0.39 is 16.3 Å². The van der Waals surface area contributed by atoms with Crippen LogP contribution < -0.4 is 5.43 Å². The number of fused-ring (bicyclic) bond motifs is 1. The number of rotatable bonds is 2. The third-order valence-corrected chi connectivity index (χ3v) is 2.94. The van der Waals surface area contributed by atoms with Crippen LogP contribution in [-0.4, -0.2) is 34.8 Å². The van der Waals surface area contributed by atoms with Crippen LogP contribution in [-0.2, 0) is 0 Å². The van der Waals surface area contributed by atoms with E-state index in [9.17, 15) is 19.7 Å². The van der Waals surface area contributed by atoms with Gasteiger partial charge in [-0.1, -0.05) is 0 Å². The molecule has 0 radical (unpaired) electrons. The summed E-state index contributed by atoms with van der Waals surface area (Å²) in [5.41, 5.74) is -1.03. The fraction of sp³-hybridized carbons (Fsp3) is 0.154. The second-order valence-corrected chi connectivity index (χ2v) is 4.52. The molecule has 0 unspecified atom stereocenters. The van der Waals surface area contributed by atoms with Gasteiger partial charge in [0.15, 0.2) is 0 Å². The van der Waals surface area contributed by atoms with Crippen LogP contribution in [0.15, 0.2) is 23.1 Å². The number of hydrogen-bond acceptors (Lipinski definition) is 5. The molecule has 1 aromatic carbocycles. The minimum atomic E-state index is -0.690. The van der Waals surface area contributed by atoms with E-state index in [1.165, 1.54) is 25.2 Å². The van der Waals surface area contributed by atoms with Gasteiger partial charge in [0.1, 0.15) is 11.6 Å². The molecule has 1 heterocycles. The van der Waals surface area contributed by atoms with Gasteiger partial charge in [-0.15, -0.1) is 0 Å². The molecule has 1 aromatic heterocycles. The first-order valence-corrected chi connectivity index (χ1v) is 5.82. The number of nitro groups is 1. The molecular formula is C13H10N4O4. The molecule has 21 heavy (non-hydrogen) atoms. The fourth-order valence-corrected chi connectivity index (χ4v) is 1.91. The van der Waals surface area contributed by atoms with Crippen LogP contribution in [0, 0.1) is 21.4 Å². The molecule has 1 N–H and O–H groups in total. The van der Waals surface area contributed by atoms with Gasteiger partial charge in [0.2, 0.25) is 5.43 Å². The SMILES string of the molecule is CN(C)C(=O)c1cc([N+](=O)[O-])cc2c(=O)c(C#N)c[nH]c12. The molecule has 0 saturated carbocycles. The summed E-state index contributed by atoms with van der Waals surface area (Å²) in [4.78, 5) is 38.4. The first kappa shape index (κ1) is 14.2. The molecule has 8 heteroatoms. The van der Waals surface area contributed by atoms with E-state index in [4.69, 9.17) is 5.26 Å². The van der Waals surface area contributed by atoms with Crippen molar-refractivity contribution in [2.24, 2.45) is 0 Å². The van der Waals surface area contributed by atoms with Crippen LogP contribution in [0.3, 0.4) is 0 Å². The zero-order valence-corrected chi connectivity index (χ0v) is 11.2. The van der Waals surface area contributed by atoms with Crippen molar-refractivity contribution in [3.8, 4) is 6.07 Å². The summed E-state index contributed by atoms with van der Waals surface area (Å²) < 4.78 is 0. The number of amides is 1. The molecule has 2 aromatic rings. The van der Waals surface area contributed by atoms with Crippen molar-refractivity contribution in [1.82, 2.24) is 9.88 Å². The van der Waals surface area contributed by atoms with Gasteiger partial charge in [-0.3, -0.25) is 19.7 Å². The van der Waals surface area contributed by atoms with Crippen LogP contribution >= 0.6 is 0 Å². The Morgan fingerprint density at radius 2 is 2.10 bits per heavy atom. The lowest BCUT2D eigenvalue weighted by atomic mass is 10.1. The Labute approximate surface area is 118 Å². The standard InChI is InChI=1S/C13H10N4O4/c1-16(2)13(19)10-4-8(17(20)21)3-9-11(10)15-6-7(5-14)12(9)18/h3-4,6H,1-2H3,(H,15,18). The quantitative estimate of drug-likeness (QED) is 0.652. The van der Waals surface area contributed by atoms with Crippen LogP contribution in [0.4, 0.5) is 5.69 Å². The lowest BCUT2D eigenvalue weighted by molar-refractivity contribution is -0.384. The van der Waals surface area contributed by atoms with Gasteiger partial charge in [0, 0.05) is 32.4 Å².